The van der Waals surface area contributed by atoms with Gasteiger partial charge in [-0.1, -0.05) is 73.5 Å². The summed E-state index contributed by atoms with van der Waals surface area (Å²) in [6, 6.07) is 10.4. The molecule has 1 aromatic heterocycles. The molecule has 1 aliphatic carbocycles. The Balaban J connectivity index is 1.83. The second-order valence-electron chi connectivity index (χ2n) is 10.1. The van der Waals surface area contributed by atoms with E-state index in [0.717, 1.165) is 19.1 Å². The van der Waals surface area contributed by atoms with E-state index in [0.29, 0.717) is 40.3 Å². The Bertz CT molecular complexity index is 1440. The molecule has 1 saturated carbocycles. The Labute approximate surface area is 246 Å². The number of halogens is 1. The van der Waals surface area contributed by atoms with Crippen molar-refractivity contribution in [3.05, 3.63) is 101 Å². The van der Waals surface area contributed by atoms with Crippen molar-refractivity contribution >= 4 is 33.4 Å². The van der Waals surface area contributed by atoms with Crippen molar-refractivity contribution in [3.8, 4) is 0 Å². The Kier molecular flexibility index (Phi) is 10.1. The highest BCUT2D eigenvalue weighted by molar-refractivity contribution is 7.88. The van der Waals surface area contributed by atoms with E-state index in [1.54, 1.807) is 72.6 Å². The van der Waals surface area contributed by atoms with Gasteiger partial charge >= 0.3 is 0 Å². The van der Waals surface area contributed by atoms with Gasteiger partial charge in [-0.3, -0.25) is 19.4 Å². The number of nitrogens with one attached hydrogen (secondary N) is 2. The number of hydrogen-bond donors (Lipinski definition) is 2. The summed E-state index contributed by atoms with van der Waals surface area (Å²) in [5.41, 5.74) is 4.61. The van der Waals surface area contributed by atoms with Crippen LogP contribution >= 0.6 is 11.6 Å². The number of sulfonamides is 1. The average Bonchev–Trinajstić information content (AvgIpc) is 2.96. The Hall–Kier alpha value is -3.31. The van der Waals surface area contributed by atoms with Crippen LogP contribution in [0.2, 0.25) is 0 Å². The molecule has 0 bridgehead atoms. The van der Waals surface area contributed by atoms with Crippen LogP contribution in [0.4, 0.5) is 0 Å². The molecule has 1 aliphatic heterocycles. The molecule has 0 unspecified atom stereocenters. The van der Waals surface area contributed by atoms with Crippen LogP contribution in [0.25, 0.3) is 0 Å². The van der Waals surface area contributed by atoms with Gasteiger partial charge in [-0.15, -0.1) is 0 Å². The first-order valence-electron chi connectivity index (χ1n) is 13.5. The van der Waals surface area contributed by atoms with Gasteiger partial charge in [0.05, 0.1) is 23.9 Å². The van der Waals surface area contributed by atoms with E-state index in [2.05, 4.69) is 21.8 Å². The van der Waals surface area contributed by atoms with Gasteiger partial charge in [0, 0.05) is 28.9 Å². The van der Waals surface area contributed by atoms with Crippen LogP contribution in [0.5, 0.6) is 0 Å². The van der Waals surface area contributed by atoms with E-state index >= 15 is 0 Å². The average molecular weight is 599 g/mol. The van der Waals surface area contributed by atoms with Gasteiger partial charge in [-0.05, 0) is 49.1 Å². The molecule has 2 aromatic rings. The first-order valence-corrected chi connectivity index (χ1v) is 15.8. The monoisotopic (exact) mass is 598 g/mol. The van der Waals surface area contributed by atoms with E-state index in [4.69, 9.17) is 16.4 Å². The third-order valence-electron chi connectivity index (χ3n) is 7.38. The molecular weight excluding hydrogens is 564 g/mol. The molecule has 4 atom stereocenters. The van der Waals surface area contributed by atoms with E-state index in [1.165, 1.54) is 0 Å². The number of hydrogen-bond acceptors (Lipinski definition) is 6. The number of hydroxylamine groups is 1. The van der Waals surface area contributed by atoms with Crippen LogP contribution in [0, 0.1) is 0 Å². The molecule has 2 amide bonds. The van der Waals surface area contributed by atoms with E-state index < -0.39 is 40.0 Å². The van der Waals surface area contributed by atoms with Crippen LogP contribution in [-0.2, 0) is 26.3 Å². The zero-order valence-corrected chi connectivity index (χ0v) is 24.7. The smallest absolute Gasteiger partial charge is 0.255 e. The van der Waals surface area contributed by atoms with Crippen LogP contribution in [0.3, 0.4) is 0 Å². The van der Waals surface area contributed by atoms with Crippen LogP contribution in [-0.4, -0.2) is 54.5 Å². The molecule has 4 rings (SSSR count). The van der Waals surface area contributed by atoms with Gasteiger partial charge < -0.3 is 4.90 Å². The normalized spacial score (nSPS) is 23.6. The highest BCUT2D eigenvalue weighted by atomic mass is 35.5. The molecule has 2 N–H and O–H groups in total. The summed E-state index contributed by atoms with van der Waals surface area (Å²) in [6.07, 6.45) is 10.4. The van der Waals surface area contributed by atoms with E-state index in [1.807, 2.05) is 6.07 Å². The number of carbonyl (C=O) groups excluding carboxylic acids is 2. The topological polar surface area (TPSA) is 118 Å². The van der Waals surface area contributed by atoms with Crippen molar-refractivity contribution in [2.24, 2.45) is 0 Å². The molecule has 1 aromatic carbocycles. The van der Waals surface area contributed by atoms with Gasteiger partial charge in [0.2, 0.25) is 10.0 Å². The van der Waals surface area contributed by atoms with Gasteiger partial charge in [0.1, 0.15) is 6.61 Å². The summed E-state index contributed by atoms with van der Waals surface area (Å²) in [4.78, 5) is 39.7. The minimum absolute atomic E-state index is 0.0439. The quantitative estimate of drug-likeness (QED) is 0.310. The fraction of sp³-hybridized carbons (Fsp3) is 0.367. The van der Waals surface area contributed by atoms with Crippen molar-refractivity contribution in [2.75, 3.05) is 6.26 Å². The standard InChI is InChI=1S/C30H35ClN4O5S/c1-4-12-23(24(31)5-2)28-27(29(36)33-40-19-20-13-10-11-18-32-20)21-14-6-7-15-22(21)30(37)35(28)26-17-9-8-16-25(26)34-41(3,38)39/h4-7,10-15,18,25-28,34H,1,8-9,16-17,19H2,2-3H3,(H,33,36)/b23-12+,24-5+/t25-,26-,27+,28-/m0/s1. The highest BCUT2D eigenvalue weighted by Gasteiger charge is 2.50. The van der Waals surface area contributed by atoms with Crippen LogP contribution in [0.15, 0.2) is 84.1 Å². The zero-order chi connectivity index (χ0) is 29.6. The van der Waals surface area contributed by atoms with Crippen LogP contribution < -0.4 is 10.2 Å². The van der Waals surface area contributed by atoms with Crippen LogP contribution in [0.1, 0.15) is 60.1 Å². The minimum Gasteiger partial charge on any atom is -0.326 e. The predicted octanol–water partition coefficient (Wildman–Crippen LogP) is 4.35. The summed E-state index contributed by atoms with van der Waals surface area (Å²) < 4.78 is 27.4. The Morgan fingerprint density at radius 3 is 2.61 bits per heavy atom. The number of carbonyl (C=O) groups is 2. The minimum atomic E-state index is -3.57. The summed E-state index contributed by atoms with van der Waals surface area (Å²) in [5.74, 6) is -1.70. The summed E-state index contributed by atoms with van der Waals surface area (Å²) in [5, 5.41) is 0.350. The molecule has 2 heterocycles. The third kappa shape index (κ3) is 7.13. The summed E-state index contributed by atoms with van der Waals surface area (Å²) in [7, 11) is -3.57. The number of allylic oxidation sites excluding steroid dienone is 3. The Morgan fingerprint density at radius 1 is 1.20 bits per heavy atom. The molecule has 0 saturated heterocycles. The fourth-order valence-electron chi connectivity index (χ4n) is 5.73. The number of rotatable bonds is 10. The summed E-state index contributed by atoms with van der Waals surface area (Å²) >= 11 is 6.74. The van der Waals surface area contributed by atoms with Gasteiger partial charge in [0.25, 0.3) is 11.8 Å². The lowest BCUT2D eigenvalue weighted by Crippen LogP contribution is -2.62. The van der Waals surface area contributed by atoms with Crippen molar-refractivity contribution in [1.82, 2.24) is 20.1 Å². The fourth-order valence-corrected chi connectivity index (χ4v) is 6.73. The van der Waals surface area contributed by atoms with E-state index in [-0.39, 0.29) is 12.5 Å². The zero-order valence-electron chi connectivity index (χ0n) is 23.1. The third-order valence-corrected chi connectivity index (χ3v) is 8.54. The largest absolute Gasteiger partial charge is 0.326 e. The second-order valence-corrected chi connectivity index (χ2v) is 12.3. The number of pyridine rings is 1. The number of fused-ring (bicyclic) bond motifs is 1. The molecule has 0 spiro atoms. The molecule has 218 valence electrons. The van der Waals surface area contributed by atoms with E-state index in [9.17, 15) is 18.0 Å². The lowest BCUT2D eigenvalue weighted by atomic mass is 9.76. The molecule has 9 nitrogen and oxygen atoms in total. The molecule has 1 fully saturated rings. The maximum Gasteiger partial charge on any atom is 0.255 e. The number of aromatic nitrogens is 1. The van der Waals surface area contributed by atoms with Gasteiger partial charge in [-0.2, -0.15) is 0 Å². The van der Waals surface area contributed by atoms with Crippen molar-refractivity contribution in [2.45, 2.75) is 63.3 Å². The number of amides is 2. The first-order chi connectivity index (χ1) is 19.7. The highest BCUT2D eigenvalue weighted by Crippen LogP contribution is 2.43. The van der Waals surface area contributed by atoms with Gasteiger partial charge in [-0.25, -0.2) is 18.6 Å². The predicted molar refractivity (Wildman–Crippen MR) is 158 cm³/mol. The molecule has 2 aliphatic rings. The maximum absolute atomic E-state index is 14.3. The molecule has 41 heavy (non-hydrogen) atoms. The lowest BCUT2D eigenvalue weighted by Gasteiger charge is -2.49. The SMILES string of the molecule is C=C/C=C(\C(Cl)=C/C)[C@H]1[C@H](C(=O)NOCc2ccccn2)c2ccccc2C(=O)N1[C@H]1CCCC[C@@H]1NS(C)(=O)=O. The van der Waals surface area contributed by atoms with Crippen molar-refractivity contribution in [3.63, 3.8) is 0 Å². The van der Waals surface area contributed by atoms with Crippen molar-refractivity contribution in [1.29, 1.82) is 0 Å². The second kappa shape index (κ2) is 13.6. The molecular formula is C30H35ClN4O5S. The molecule has 11 heteroatoms. The maximum atomic E-state index is 14.3. The Morgan fingerprint density at radius 2 is 1.93 bits per heavy atom. The summed E-state index contributed by atoms with van der Waals surface area (Å²) in [6.45, 7) is 5.65. The first kappa shape index (κ1) is 30.6. The van der Waals surface area contributed by atoms with Gasteiger partial charge in [0.15, 0.2) is 0 Å². The lowest BCUT2D eigenvalue weighted by molar-refractivity contribution is -0.137. The molecule has 0 radical (unpaired) electrons. The number of benzene rings is 1. The number of nitrogens with zero attached hydrogens (tertiary/aromatic N) is 2. The van der Waals surface area contributed by atoms with Crippen molar-refractivity contribution < 1.29 is 22.8 Å².